The van der Waals surface area contributed by atoms with Crippen LogP contribution in [0.4, 0.5) is 0 Å². The number of nitrogens with two attached hydrogens (primary N) is 1. The first kappa shape index (κ1) is 13.3. The van der Waals surface area contributed by atoms with Crippen molar-refractivity contribution >= 4 is 5.91 Å². The highest BCUT2D eigenvalue weighted by Gasteiger charge is 2.06. The van der Waals surface area contributed by atoms with E-state index in [0.717, 1.165) is 5.56 Å². The first-order valence-corrected chi connectivity index (χ1v) is 5.11. The summed E-state index contributed by atoms with van der Waals surface area (Å²) in [5, 5.41) is 8.97. The Balaban J connectivity index is 2.61. The first-order valence-electron chi connectivity index (χ1n) is 5.11. The predicted molar refractivity (Wildman–Crippen MR) is 61.4 cm³/mol. The lowest BCUT2D eigenvalue weighted by atomic mass is 10.2. The van der Waals surface area contributed by atoms with Crippen LogP contribution >= 0.6 is 0 Å². The van der Waals surface area contributed by atoms with Gasteiger partial charge >= 0.3 is 0 Å². The van der Waals surface area contributed by atoms with Gasteiger partial charge in [-0.1, -0.05) is 6.07 Å². The van der Waals surface area contributed by atoms with Gasteiger partial charge in [-0.2, -0.15) is 0 Å². The van der Waals surface area contributed by atoms with Gasteiger partial charge in [0.1, 0.15) is 0 Å². The summed E-state index contributed by atoms with van der Waals surface area (Å²) in [6, 6.07) is 5.09. The summed E-state index contributed by atoms with van der Waals surface area (Å²) in [6.45, 7) is 0.143. The molecule has 4 N–H and O–H groups in total. The average molecular weight is 240 g/mol. The highest BCUT2D eigenvalue weighted by molar-refractivity contribution is 5.75. The van der Waals surface area contributed by atoms with Crippen LogP contribution in [0, 0.1) is 0 Å². The molecule has 0 atom stereocenters. The number of ether oxygens (including phenoxy) is 2. The molecular formula is C11H16N2O4. The molecule has 1 rings (SSSR count). The van der Waals surface area contributed by atoms with Crippen molar-refractivity contribution < 1.29 is 19.4 Å². The number of carbonyl (C=O) groups excluding carboxylic acids is 1. The molecule has 0 heterocycles. The van der Waals surface area contributed by atoms with Gasteiger partial charge in [0.2, 0.25) is 5.91 Å². The van der Waals surface area contributed by atoms with Crippen molar-refractivity contribution in [2.24, 2.45) is 5.84 Å². The lowest BCUT2D eigenvalue weighted by molar-refractivity contribution is -0.121. The molecule has 0 fully saturated rings. The minimum atomic E-state index is -0.295. The van der Waals surface area contributed by atoms with Gasteiger partial charge < -0.3 is 14.6 Å². The highest BCUT2D eigenvalue weighted by Crippen LogP contribution is 2.28. The van der Waals surface area contributed by atoms with Gasteiger partial charge in [0.05, 0.1) is 26.7 Å². The molecule has 6 heteroatoms. The van der Waals surface area contributed by atoms with Crippen molar-refractivity contribution in [2.45, 2.75) is 13.0 Å². The summed E-state index contributed by atoms with van der Waals surface area (Å²) in [5.41, 5.74) is 2.75. The fourth-order valence-corrected chi connectivity index (χ4v) is 1.26. The van der Waals surface area contributed by atoms with Crippen molar-refractivity contribution in [1.29, 1.82) is 0 Å². The Morgan fingerprint density at radius 2 is 2.24 bits per heavy atom. The fourth-order valence-electron chi connectivity index (χ4n) is 1.26. The summed E-state index contributed by atoms with van der Waals surface area (Å²) in [4.78, 5) is 10.9. The second-order valence-corrected chi connectivity index (χ2v) is 3.31. The Kier molecular flexibility index (Phi) is 5.25. The number of hydrogen-bond acceptors (Lipinski definition) is 5. The molecule has 0 radical (unpaired) electrons. The molecule has 17 heavy (non-hydrogen) atoms. The van der Waals surface area contributed by atoms with Crippen LogP contribution in [0.1, 0.15) is 12.0 Å². The number of methoxy groups -OCH3 is 1. The lowest BCUT2D eigenvalue weighted by Crippen LogP contribution is -2.31. The van der Waals surface area contributed by atoms with E-state index in [1.165, 1.54) is 7.11 Å². The third-order valence-corrected chi connectivity index (χ3v) is 2.16. The van der Waals surface area contributed by atoms with Gasteiger partial charge in [-0.05, 0) is 17.7 Å². The molecule has 0 aliphatic heterocycles. The van der Waals surface area contributed by atoms with E-state index < -0.39 is 0 Å². The topological polar surface area (TPSA) is 93.8 Å². The van der Waals surface area contributed by atoms with Gasteiger partial charge in [0, 0.05) is 0 Å². The number of benzene rings is 1. The zero-order valence-electron chi connectivity index (χ0n) is 9.60. The van der Waals surface area contributed by atoms with Crippen LogP contribution in [0.25, 0.3) is 0 Å². The van der Waals surface area contributed by atoms with Crippen LogP contribution in [0.2, 0.25) is 0 Å². The number of carbonyl (C=O) groups is 1. The van der Waals surface area contributed by atoms with Crippen molar-refractivity contribution in [1.82, 2.24) is 5.43 Å². The van der Waals surface area contributed by atoms with Crippen LogP contribution in [0.5, 0.6) is 11.5 Å². The van der Waals surface area contributed by atoms with E-state index in [2.05, 4.69) is 0 Å². The maximum absolute atomic E-state index is 10.9. The molecule has 1 aromatic rings. The Labute approximate surface area is 99.3 Å². The summed E-state index contributed by atoms with van der Waals surface area (Å²) in [6.07, 6.45) is 0.168. The molecule has 0 saturated heterocycles. The molecule has 0 spiro atoms. The second-order valence-electron chi connectivity index (χ2n) is 3.31. The molecule has 0 bridgehead atoms. The van der Waals surface area contributed by atoms with Crippen molar-refractivity contribution in [3.05, 3.63) is 23.8 Å². The highest BCUT2D eigenvalue weighted by atomic mass is 16.5. The summed E-state index contributed by atoms with van der Waals surface area (Å²) in [7, 11) is 1.51. The van der Waals surface area contributed by atoms with E-state index >= 15 is 0 Å². The number of aliphatic hydroxyl groups is 1. The largest absolute Gasteiger partial charge is 0.493 e. The summed E-state index contributed by atoms with van der Waals surface area (Å²) < 4.78 is 10.5. The minimum Gasteiger partial charge on any atom is -0.493 e. The average Bonchev–Trinajstić information content (AvgIpc) is 2.38. The van der Waals surface area contributed by atoms with Gasteiger partial charge in [-0.15, -0.1) is 0 Å². The van der Waals surface area contributed by atoms with E-state index in [-0.39, 0.29) is 25.5 Å². The molecule has 0 aliphatic carbocycles. The molecule has 0 unspecified atom stereocenters. The first-order chi connectivity index (χ1) is 8.21. The van der Waals surface area contributed by atoms with Crippen LogP contribution in [-0.2, 0) is 11.4 Å². The molecule has 1 amide bonds. The van der Waals surface area contributed by atoms with Gasteiger partial charge in [0.15, 0.2) is 11.5 Å². The maximum atomic E-state index is 10.9. The number of rotatable bonds is 6. The van der Waals surface area contributed by atoms with E-state index in [9.17, 15) is 4.79 Å². The monoisotopic (exact) mass is 240 g/mol. The third kappa shape index (κ3) is 3.93. The standard InChI is InChI=1S/C11H16N2O4/c1-16-10-6-8(7-14)2-3-9(10)17-5-4-11(15)13-12/h2-3,6,14H,4-5,7,12H2,1H3,(H,13,15). The summed E-state index contributed by atoms with van der Waals surface area (Å²) >= 11 is 0. The number of amides is 1. The van der Waals surface area contributed by atoms with Gasteiger partial charge in [0.25, 0.3) is 0 Å². The third-order valence-electron chi connectivity index (χ3n) is 2.16. The SMILES string of the molecule is COc1cc(CO)ccc1OCCC(=O)NN. The second kappa shape index (κ2) is 6.72. The Morgan fingerprint density at radius 1 is 1.47 bits per heavy atom. The molecule has 0 aromatic heterocycles. The van der Waals surface area contributed by atoms with E-state index in [1.54, 1.807) is 18.2 Å². The smallest absolute Gasteiger partial charge is 0.237 e. The van der Waals surface area contributed by atoms with Gasteiger partial charge in [-0.3, -0.25) is 10.2 Å². The quantitative estimate of drug-likeness (QED) is 0.368. The molecular weight excluding hydrogens is 224 g/mol. The maximum Gasteiger partial charge on any atom is 0.237 e. The predicted octanol–water partition coefficient (Wildman–Crippen LogP) is -0.0537. The van der Waals surface area contributed by atoms with Crippen LogP contribution in [0.3, 0.4) is 0 Å². The number of aliphatic hydroxyl groups excluding tert-OH is 1. The van der Waals surface area contributed by atoms with E-state index in [0.29, 0.717) is 11.5 Å². The number of nitrogens with one attached hydrogen (secondary N) is 1. The Bertz CT molecular complexity index is 382. The normalized spacial score (nSPS) is 9.82. The molecule has 6 nitrogen and oxygen atoms in total. The number of hydrogen-bond donors (Lipinski definition) is 3. The fraction of sp³-hybridized carbons (Fsp3) is 0.364. The lowest BCUT2D eigenvalue weighted by Gasteiger charge is -2.11. The van der Waals surface area contributed by atoms with Crippen LogP contribution < -0.4 is 20.7 Å². The zero-order chi connectivity index (χ0) is 12.7. The summed E-state index contributed by atoms with van der Waals surface area (Å²) in [5.74, 6) is 5.68. The Hall–Kier alpha value is -1.79. The molecule has 0 aliphatic rings. The van der Waals surface area contributed by atoms with Crippen molar-refractivity contribution in [3.63, 3.8) is 0 Å². The zero-order valence-corrected chi connectivity index (χ0v) is 9.60. The Morgan fingerprint density at radius 3 is 2.82 bits per heavy atom. The molecule has 0 saturated carbocycles. The molecule has 1 aromatic carbocycles. The van der Waals surface area contributed by atoms with Crippen LogP contribution in [0.15, 0.2) is 18.2 Å². The minimum absolute atomic E-state index is 0.0633. The van der Waals surface area contributed by atoms with Crippen molar-refractivity contribution in [2.75, 3.05) is 13.7 Å². The number of hydrazine groups is 1. The van der Waals surface area contributed by atoms with E-state index in [1.807, 2.05) is 5.43 Å². The van der Waals surface area contributed by atoms with Crippen LogP contribution in [-0.4, -0.2) is 24.7 Å². The van der Waals surface area contributed by atoms with E-state index in [4.69, 9.17) is 20.4 Å². The molecule has 94 valence electrons. The van der Waals surface area contributed by atoms with Crippen molar-refractivity contribution in [3.8, 4) is 11.5 Å². The van der Waals surface area contributed by atoms with Gasteiger partial charge in [-0.25, -0.2) is 5.84 Å².